The van der Waals surface area contributed by atoms with Crippen LogP contribution in [0.3, 0.4) is 0 Å². The second kappa shape index (κ2) is 7.85. The fraction of sp³-hybridized carbons (Fsp3) is 0.538. The number of carbonyl (C=O) groups is 1. The Kier molecular flexibility index (Phi) is 6.23. The summed E-state index contributed by atoms with van der Waals surface area (Å²) in [5.74, 6) is 0.205. The molecular formula is C13H19NO2. The third kappa shape index (κ3) is 5.49. The minimum atomic E-state index is -0.185. The van der Waals surface area contributed by atoms with Crippen LogP contribution in [0.2, 0.25) is 0 Å². The normalized spacial score (nSPS) is 10.1. The summed E-state index contributed by atoms with van der Waals surface area (Å²) in [5.41, 5.74) is 0. The average Bonchev–Trinajstić information content (AvgIpc) is 2.30. The first-order valence-electron chi connectivity index (χ1n) is 5.94. The van der Waals surface area contributed by atoms with Gasteiger partial charge in [0, 0.05) is 18.7 Å². The SMILES string of the molecule is CCCCCCCC(=O)Oc1ccccn1. The van der Waals surface area contributed by atoms with Gasteiger partial charge in [-0.2, -0.15) is 0 Å². The van der Waals surface area contributed by atoms with Gasteiger partial charge in [0.1, 0.15) is 0 Å². The molecule has 0 N–H and O–H groups in total. The number of aromatic nitrogens is 1. The number of carbonyl (C=O) groups excluding carboxylic acids is 1. The van der Waals surface area contributed by atoms with Crippen LogP contribution in [0.5, 0.6) is 5.88 Å². The van der Waals surface area contributed by atoms with Gasteiger partial charge in [0.25, 0.3) is 0 Å². The molecule has 0 aliphatic carbocycles. The minimum absolute atomic E-state index is 0.185. The molecule has 0 atom stereocenters. The van der Waals surface area contributed by atoms with E-state index in [0.717, 1.165) is 12.8 Å². The van der Waals surface area contributed by atoms with Crippen LogP contribution in [0.1, 0.15) is 45.4 Å². The van der Waals surface area contributed by atoms with Gasteiger partial charge in [0.2, 0.25) is 5.88 Å². The van der Waals surface area contributed by atoms with Gasteiger partial charge in [0.15, 0.2) is 0 Å². The summed E-state index contributed by atoms with van der Waals surface area (Å²) >= 11 is 0. The minimum Gasteiger partial charge on any atom is -0.407 e. The molecule has 16 heavy (non-hydrogen) atoms. The maximum Gasteiger partial charge on any atom is 0.312 e. The highest BCUT2D eigenvalue weighted by atomic mass is 16.5. The zero-order valence-corrected chi connectivity index (χ0v) is 9.82. The lowest BCUT2D eigenvalue weighted by Crippen LogP contribution is -2.08. The molecule has 3 nitrogen and oxygen atoms in total. The van der Waals surface area contributed by atoms with Crippen molar-refractivity contribution in [2.24, 2.45) is 0 Å². The molecule has 1 heterocycles. The van der Waals surface area contributed by atoms with Crippen molar-refractivity contribution in [2.75, 3.05) is 0 Å². The molecule has 0 saturated carbocycles. The van der Waals surface area contributed by atoms with Crippen LogP contribution in [0, 0.1) is 0 Å². The van der Waals surface area contributed by atoms with Gasteiger partial charge < -0.3 is 4.74 Å². The van der Waals surface area contributed by atoms with E-state index in [1.165, 1.54) is 19.3 Å². The summed E-state index contributed by atoms with van der Waals surface area (Å²) in [4.78, 5) is 15.3. The lowest BCUT2D eigenvalue weighted by molar-refractivity contribution is -0.134. The van der Waals surface area contributed by atoms with E-state index in [2.05, 4.69) is 11.9 Å². The Morgan fingerprint density at radius 1 is 1.25 bits per heavy atom. The Labute approximate surface area is 96.8 Å². The van der Waals surface area contributed by atoms with Crippen molar-refractivity contribution in [1.29, 1.82) is 0 Å². The molecule has 1 aromatic rings. The molecule has 0 spiro atoms. The number of hydrogen-bond donors (Lipinski definition) is 0. The standard InChI is InChI=1S/C13H19NO2/c1-2-3-4-5-6-10-13(15)16-12-9-7-8-11-14-12/h7-9,11H,2-6,10H2,1H3. The van der Waals surface area contributed by atoms with Crippen molar-refractivity contribution in [2.45, 2.75) is 45.4 Å². The first kappa shape index (κ1) is 12.7. The predicted molar refractivity (Wildman–Crippen MR) is 63.2 cm³/mol. The van der Waals surface area contributed by atoms with E-state index in [1.54, 1.807) is 24.4 Å². The Morgan fingerprint density at radius 2 is 2.06 bits per heavy atom. The second-order valence-electron chi connectivity index (χ2n) is 3.81. The summed E-state index contributed by atoms with van der Waals surface area (Å²) in [5, 5.41) is 0. The van der Waals surface area contributed by atoms with Crippen molar-refractivity contribution < 1.29 is 9.53 Å². The molecule has 0 fully saturated rings. The number of ether oxygens (including phenoxy) is 1. The second-order valence-corrected chi connectivity index (χ2v) is 3.81. The van der Waals surface area contributed by atoms with Crippen molar-refractivity contribution in [1.82, 2.24) is 4.98 Å². The van der Waals surface area contributed by atoms with Gasteiger partial charge in [-0.05, 0) is 12.5 Å². The molecule has 88 valence electrons. The summed E-state index contributed by atoms with van der Waals surface area (Å²) < 4.78 is 5.07. The first-order chi connectivity index (χ1) is 7.83. The smallest absolute Gasteiger partial charge is 0.312 e. The summed E-state index contributed by atoms with van der Waals surface area (Å²) in [6.07, 6.45) is 7.78. The number of pyridine rings is 1. The van der Waals surface area contributed by atoms with E-state index < -0.39 is 0 Å². The monoisotopic (exact) mass is 221 g/mol. The summed E-state index contributed by atoms with van der Waals surface area (Å²) in [6.45, 7) is 2.18. The van der Waals surface area contributed by atoms with E-state index in [0.29, 0.717) is 12.3 Å². The molecule has 0 bridgehead atoms. The van der Waals surface area contributed by atoms with Gasteiger partial charge in [-0.15, -0.1) is 0 Å². The van der Waals surface area contributed by atoms with Crippen LogP contribution in [-0.4, -0.2) is 11.0 Å². The largest absolute Gasteiger partial charge is 0.407 e. The van der Waals surface area contributed by atoms with Crippen LogP contribution in [0.4, 0.5) is 0 Å². The zero-order chi connectivity index (χ0) is 11.6. The molecule has 0 aliphatic rings. The van der Waals surface area contributed by atoms with E-state index in [-0.39, 0.29) is 5.97 Å². The third-order valence-electron chi connectivity index (χ3n) is 2.34. The predicted octanol–water partition coefficient (Wildman–Crippen LogP) is 3.35. The molecule has 1 rings (SSSR count). The lowest BCUT2D eigenvalue weighted by Gasteiger charge is -2.02. The van der Waals surface area contributed by atoms with E-state index in [4.69, 9.17) is 4.74 Å². The van der Waals surface area contributed by atoms with E-state index >= 15 is 0 Å². The van der Waals surface area contributed by atoms with Crippen molar-refractivity contribution in [3.05, 3.63) is 24.4 Å². The Bertz CT molecular complexity index is 298. The Hall–Kier alpha value is -1.38. The number of unbranched alkanes of at least 4 members (excludes halogenated alkanes) is 4. The quantitative estimate of drug-likeness (QED) is 0.523. The number of hydrogen-bond acceptors (Lipinski definition) is 3. The van der Waals surface area contributed by atoms with Crippen LogP contribution >= 0.6 is 0 Å². The van der Waals surface area contributed by atoms with Gasteiger partial charge in [0.05, 0.1) is 0 Å². The van der Waals surface area contributed by atoms with Crippen LogP contribution in [0.15, 0.2) is 24.4 Å². The maximum absolute atomic E-state index is 11.4. The van der Waals surface area contributed by atoms with Crippen molar-refractivity contribution in [3.63, 3.8) is 0 Å². The van der Waals surface area contributed by atoms with Crippen LogP contribution < -0.4 is 4.74 Å². The van der Waals surface area contributed by atoms with Crippen LogP contribution in [-0.2, 0) is 4.79 Å². The highest BCUT2D eigenvalue weighted by Gasteiger charge is 2.04. The number of rotatable bonds is 7. The maximum atomic E-state index is 11.4. The lowest BCUT2D eigenvalue weighted by atomic mass is 10.1. The van der Waals surface area contributed by atoms with E-state index in [9.17, 15) is 4.79 Å². The molecule has 0 aromatic carbocycles. The Morgan fingerprint density at radius 3 is 2.75 bits per heavy atom. The molecule has 0 unspecified atom stereocenters. The summed E-state index contributed by atoms with van der Waals surface area (Å²) in [6, 6.07) is 5.29. The fourth-order valence-corrected chi connectivity index (χ4v) is 1.45. The molecule has 0 radical (unpaired) electrons. The molecule has 0 aliphatic heterocycles. The van der Waals surface area contributed by atoms with Gasteiger partial charge in [-0.3, -0.25) is 4.79 Å². The molecule has 0 saturated heterocycles. The molecule has 3 heteroatoms. The molecular weight excluding hydrogens is 202 g/mol. The Balaban J connectivity index is 2.12. The third-order valence-corrected chi connectivity index (χ3v) is 2.34. The first-order valence-corrected chi connectivity index (χ1v) is 5.94. The van der Waals surface area contributed by atoms with Gasteiger partial charge in [-0.25, -0.2) is 4.98 Å². The topological polar surface area (TPSA) is 39.2 Å². The summed E-state index contributed by atoms with van der Waals surface area (Å²) in [7, 11) is 0. The van der Waals surface area contributed by atoms with E-state index in [1.807, 2.05) is 0 Å². The van der Waals surface area contributed by atoms with Crippen LogP contribution in [0.25, 0.3) is 0 Å². The number of esters is 1. The average molecular weight is 221 g/mol. The zero-order valence-electron chi connectivity index (χ0n) is 9.82. The highest BCUT2D eigenvalue weighted by Crippen LogP contribution is 2.08. The molecule has 0 amide bonds. The van der Waals surface area contributed by atoms with Gasteiger partial charge in [-0.1, -0.05) is 38.7 Å². The highest BCUT2D eigenvalue weighted by molar-refractivity contribution is 5.71. The number of nitrogens with zero attached hydrogens (tertiary/aromatic N) is 1. The molecule has 1 aromatic heterocycles. The van der Waals surface area contributed by atoms with Crippen molar-refractivity contribution in [3.8, 4) is 5.88 Å². The van der Waals surface area contributed by atoms with Gasteiger partial charge >= 0.3 is 5.97 Å². The fourth-order valence-electron chi connectivity index (χ4n) is 1.45. The van der Waals surface area contributed by atoms with Crippen molar-refractivity contribution >= 4 is 5.97 Å².